The summed E-state index contributed by atoms with van der Waals surface area (Å²) in [6.45, 7) is 19.7. The van der Waals surface area contributed by atoms with Crippen LogP contribution in [0.4, 0.5) is 5.69 Å². The maximum atomic E-state index is 3.79. The molecule has 1 aromatic rings. The molecule has 0 bridgehead atoms. The SMILES string of the molecule is CCC(CC)NCc1cccc2c1C(CC)(C(C)(C)C)CN2CC. The molecule has 0 saturated heterocycles. The predicted molar refractivity (Wildman–Crippen MR) is 107 cm³/mol. The molecule has 0 aliphatic carbocycles. The lowest BCUT2D eigenvalue weighted by Gasteiger charge is -2.43. The number of likely N-dealkylation sites (N-methyl/N-ethyl adjacent to an activating group) is 1. The van der Waals surface area contributed by atoms with Gasteiger partial charge < -0.3 is 10.2 Å². The molecule has 136 valence electrons. The second kappa shape index (κ2) is 7.47. The van der Waals surface area contributed by atoms with Crippen LogP contribution in [-0.4, -0.2) is 19.1 Å². The van der Waals surface area contributed by atoms with Crippen LogP contribution >= 0.6 is 0 Å². The third-order valence-corrected chi connectivity index (χ3v) is 6.40. The third-order valence-electron chi connectivity index (χ3n) is 6.40. The van der Waals surface area contributed by atoms with Crippen LogP contribution < -0.4 is 10.2 Å². The number of fused-ring (bicyclic) bond motifs is 1. The Balaban J connectivity index is 2.48. The summed E-state index contributed by atoms with van der Waals surface area (Å²) in [7, 11) is 0. The highest BCUT2D eigenvalue weighted by molar-refractivity contribution is 5.66. The number of nitrogens with zero attached hydrogens (tertiary/aromatic N) is 1. The van der Waals surface area contributed by atoms with E-state index in [-0.39, 0.29) is 10.8 Å². The van der Waals surface area contributed by atoms with Gasteiger partial charge in [0.25, 0.3) is 0 Å². The molecule has 1 aliphatic rings. The molecule has 1 atom stereocenters. The molecular weight excluding hydrogens is 292 g/mol. The Kier molecular flexibility index (Phi) is 6.01. The number of anilines is 1. The Morgan fingerprint density at radius 1 is 1.12 bits per heavy atom. The highest BCUT2D eigenvalue weighted by Gasteiger charge is 2.49. The van der Waals surface area contributed by atoms with Gasteiger partial charge in [-0.15, -0.1) is 0 Å². The molecule has 1 aliphatic heterocycles. The van der Waals surface area contributed by atoms with Gasteiger partial charge in [0.05, 0.1) is 0 Å². The van der Waals surface area contributed by atoms with Crippen molar-refractivity contribution in [2.45, 2.75) is 85.7 Å². The first kappa shape index (κ1) is 19.3. The summed E-state index contributed by atoms with van der Waals surface area (Å²) in [5.74, 6) is 0. The van der Waals surface area contributed by atoms with E-state index in [0.717, 1.165) is 19.6 Å². The zero-order valence-corrected chi connectivity index (χ0v) is 17.0. The van der Waals surface area contributed by atoms with E-state index in [1.165, 1.54) is 30.5 Å². The molecule has 1 unspecified atom stereocenters. The normalized spacial score (nSPS) is 20.8. The van der Waals surface area contributed by atoms with Crippen molar-refractivity contribution in [3.8, 4) is 0 Å². The lowest BCUT2D eigenvalue weighted by molar-refractivity contribution is 0.189. The van der Waals surface area contributed by atoms with Crippen molar-refractivity contribution in [3.63, 3.8) is 0 Å². The lowest BCUT2D eigenvalue weighted by Crippen LogP contribution is -2.44. The van der Waals surface area contributed by atoms with Crippen LogP contribution in [0.1, 0.15) is 78.9 Å². The van der Waals surface area contributed by atoms with Crippen LogP contribution in [0.2, 0.25) is 0 Å². The Hall–Kier alpha value is -1.02. The highest BCUT2D eigenvalue weighted by atomic mass is 15.2. The average Bonchev–Trinajstić information content (AvgIpc) is 2.91. The highest BCUT2D eigenvalue weighted by Crippen LogP contribution is 2.53. The maximum Gasteiger partial charge on any atom is 0.0408 e. The van der Waals surface area contributed by atoms with Crippen LogP contribution in [0.25, 0.3) is 0 Å². The minimum atomic E-state index is 0.241. The Bertz CT molecular complexity index is 539. The van der Waals surface area contributed by atoms with Crippen molar-refractivity contribution < 1.29 is 0 Å². The third kappa shape index (κ3) is 3.22. The Morgan fingerprint density at radius 2 is 1.79 bits per heavy atom. The van der Waals surface area contributed by atoms with Crippen molar-refractivity contribution in [3.05, 3.63) is 29.3 Å². The molecule has 24 heavy (non-hydrogen) atoms. The van der Waals surface area contributed by atoms with Crippen molar-refractivity contribution in [2.75, 3.05) is 18.0 Å². The second-order valence-corrected chi connectivity index (χ2v) is 8.41. The number of hydrogen-bond donors (Lipinski definition) is 1. The molecule has 0 fully saturated rings. The van der Waals surface area contributed by atoms with Crippen LogP contribution in [0.3, 0.4) is 0 Å². The van der Waals surface area contributed by atoms with Crippen molar-refractivity contribution in [1.29, 1.82) is 0 Å². The number of nitrogens with one attached hydrogen (secondary N) is 1. The van der Waals surface area contributed by atoms with Gasteiger partial charge in [0.2, 0.25) is 0 Å². The summed E-state index contributed by atoms with van der Waals surface area (Å²) in [5, 5.41) is 3.79. The first-order chi connectivity index (χ1) is 11.3. The van der Waals surface area contributed by atoms with E-state index in [1.54, 1.807) is 5.56 Å². The fourth-order valence-electron chi connectivity index (χ4n) is 4.58. The smallest absolute Gasteiger partial charge is 0.0408 e. The summed E-state index contributed by atoms with van der Waals surface area (Å²) < 4.78 is 0. The van der Waals surface area contributed by atoms with Crippen LogP contribution in [0.5, 0.6) is 0 Å². The van der Waals surface area contributed by atoms with Gasteiger partial charge in [-0.05, 0) is 48.8 Å². The van der Waals surface area contributed by atoms with Crippen molar-refractivity contribution in [2.24, 2.45) is 5.41 Å². The van der Waals surface area contributed by atoms with E-state index in [1.807, 2.05) is 0 Å². The lowest BCUT2D eigenvalue weighted by atomic mass is 9.61. The van der Waals surface area contributed by atoms with Gasteiger partial charge in [-0.25, -0.2) is 0 Å². The summed E-state index contributed by atoms with van der Waals surface area (Å²) >= 11 is 0. The standard InChI is InChI=1S/C22H38N2/c1-8-18(9-2)23-15-17-13-12-14-19-20(17)22(10-3,21(5,6)7)16-24(19)11-4/h12-14,18,23H,8-11,15-16H2,1-7H3. The van der Waals surface area contributed by atoms with Crippen molar-refractivity contribution >= 4 is 5.69 Å². The number of hydrogen-bond acceptors (Lipinski definition) is 2. The van der Waals surface area contributed by atoms with Crippen molar-refractivity contribution in [1.82, 2.24) is 5.32 Å². The van der Waals surface area contributed by atoms with Gasteiger partial charge >= 0.3 is 0 Å². The molecule has 0 amide bonds. The van der Waals surface area contributed by atoms with Gasteiger partial charge in [-0.1, -0.05) is 53.7 Å². The molecule has 0 saturated carbocycles. The van der Waals surface area contributed by atoms with E-state index >= 15 is 0 Å². The molecule has 2 heteroatoms. The summed E-state index contributed by atoms with van der Waals surface area (Å²) in [4.78, 5) is 2.59. The zero-order chi connectivity index (χ0) is 18.0. The number of rotatable bonds is 7. The topological polar surface area (TPSA) is 15.3 Å². The zero-order valence-electron chi connectivity index (χ0n) is 17.0. The van der Waals surface area contributed by atoms with E-state index in [2.05, 4.69) is 76.9 Å². The minimum Gasteiger partial charge on any atom is -0.371 e. The van der Waals surface area contributed by atoms with Gasteiger partial charge in [0, 0.05) is 36.8 Å². The van der Waals surface area contributed by atoms with Crippen LogP contribution in [-0.2, 0) is 12.0 Å². The maximum absolute atomic E-state index is 3.79. The van der Waals surface area contributed by atoms with E-state index in [4.69, 9.17) is 0 Å². The fourth-order valence-corrected chi connectivity index (χ4v) is 4.58. The molecule has 0 aromatic heterocycles. The molecule has 1 aromatic carbocycles. The van der Waals surface area contributed by atoms with Gasteiger partial charge in [0.15, 0.2) is 0 Å². The second-order valence-electron chi connectivity index (χ2n) is 8.41. The molecule has 1 heterocycles. The minimum absolute atomic E-state index is 0.241. The van der Waals surface area contributed by atoms with Crippen LogP contribution in [0.15, 0.2) is 18.2 Å². The summed E-state index contributed by atoms with van der Waals surface area (Å²) in [6, 6.07) is 7.56. The molecule has 0 radical (unpaired) electrons. The fraction of sp³-hybridized carbons (Fsp3) is 0.727. The van der Waals surface area contributed by atoms with E-state index in [0.29, 0.717) is 6.04 Å². The van der Waals surface area contributed by atoms with E-state index in [9.17, 15) is 0 Å². The summed E-state index contributed by atoms with van der Waals surface area (Å²) in [6.07, 6.45) is 3.59. The quantitative estimate of drug-likeness (QED) is 0.710. The Morgan fingerprint density at radius 3 is 2.29 bits per heavy atom. The van der Waals surface area contributed by atoms with E-state index < -0.39 is 0 Å². The molecule has 2 nitrogen and oxygen atoms in total. The largest absolute Gasteiger partial charge is 0.371 e. The molecular formula is C22H38N2. The first-order valence-corrected chi connectivity index (χ1v) is 9.95. The predicted octanol–water partition coefficient (Wildman–Crippen LogP) is 5.50. The van der Waals surface area contributed by atoms with Crippen LogP contribution in [0, 0.1) is 5.41 Å². The van der Waals surface area contributed by atoms with Gasteiger partial charge in [-0.2, -0.15) is 0 Å². The average molecular weight is 331 g/mol. The van der Waals surface area contributed by atoms with Gasteiger partial charge in [0.1, 0.15) is 0 Å². The molecule has 1 N–H and O–H groups in total. The monoisotopic (exact) mass is 330 g/mol. The molecule has 2 rings (SSSR count). The first-order valence-electron chi connectivity index (χ1n) is 9.95. The number of benzene rings is 1. The molecule has 0 spiro atoms. The van der Waals surface area contributed by atoms with Gasteiger partial charge in [-0.3, -0.25) is 0 Å². The summed E-state index contributed by atoms with van der Waals surface area (Å²) in [5.41, 5.74) is 5.08. The Labute approximate surface area is 150 Å².